The molecular weight excluding hydrogens is 359 g/mol. The summed E-state index contributed by atoms with van der Waals surface area (Å²) in [5.41, 5.74) is 9.00. The molecule has 2 aromatic carbocycles. The number of amides is 1. The van der Waals surface area contributed by atoms with Crippen LogP contribution in [0, 0.1) is 0 Å². The van der Waals surface area contributed by atoms with Crippen LogP contribution in [-0.4, -0.2) is 27.6 Å². The van der Waals surface area contributed by atoms with Crippen LogP contribution in [0.15, 0.2) is 60.7 Å². The van der Waals surface area contributed by atoms with Gasteiger partial charge in [0.1, 0.15) is 17.7 Å². The molecule has 1 heterocycles. The lowest BCUT2D eigenvalue weighted by Crippen LogP contribution is -2.55. The summed E-state index contributed by atoms with van der Waals surface area (Å²) in [5, 5.41) is 19.8. The molecule has 0 saturated heterocycles. The van der Waals surface area contributed by atoms with Crippen LogP contribution in [0.1, 0.15) is 18.4 Å². The summed E-state index contributed by atoms with van der Waals surface area (Å²) >= 11 is 0. The predicted molar refractivity (Wildman–Crippen MR) is 104 cm³/mol. The highest BCUT2D eigenvalue weighted by atomic mass is 19.1. The number of halogens is 1. The Balaban J connectivity index is 1.71. The fourth-order valence-electron chi connectivity index (χ4n) is 3.72. The van der Waals surface area contributed by atoms with E-state index in [1.807, 2.05) is 54.6 Å². The molecule has 0 spiro atoms. The third-order valence-electron chi connectivity index (χ3n) is 5.09. The van der Waals surface area contributed by atoms with Crippen LogP contribution in [0.25, 0.3) is 22.4 Å². The highest BCUT2D eigenvalue weighted by Gasteiger charge is 2.47. The largest absolute Gasteiger partial charge is 0.465 e. The van der Waals surface area contributed by atoms with Gasteiger partial charge in [-0.25, -0.2) is 9.18 Å². The van der Waals surface area contributed by atoms with E-state index in [2.05, 4.69) is 15.5 Å². The predicted octanol–water partition coefficient (Wildman–Crippen LogP) is 3.99. The minimum absolute atomic E-state index is 0.135. The lowest BCUT2D eigenvalue weighted by molar-refractivity contribution is 0.0640. The van der Waals surface area contributed by atoms with Gasteiger partial charge in [0.15, 0.2) is 0 Å². The summed E-state index contributed by atoms with van der Waals surface area (Å²) in [4.78, 5) is 11.1. The first-order valence-corrected chi connectivity index (χ1v) is 8.91. The Hall–Kier alpha value is -3.48. The summed E-state index contributed by atoms with van der Waals surface area (Å²) in [6.45, 7) is 0. The molecule has 1 saturated carbocycles. The van der Waals surface area contributed by atoms with Gasteiger partial charge in [-0.05, 0) is 17.2 Å². The van der Waals surface area contributed by atoms with Gasteiger partial charge in [0.25, 0.3) is 0 Å². The molecule has 0 radical (unpaired) electrons. The number of nitrogens with one attached hydrogen (secondary N) is 1. The highest BCUT2D eigenvalue weighted by molar-refractivity contribution is 5.81. The van der Waals surface area contributed by atoms with Crippen molar-refractivity contribution in [2.24, 2.45) is 0 Å². The first kappa shape index (κ1) is 17.9. The van der Waals surface area contributed by atoms with Gasteiger partial charge in [0.05, 0.1) is 5.54 Å². The van der Waals surface area contributed by atoms with Crippen molar-refractivity contribution in [2.45, 2.75) is 24.6 Å². The van der Waals surface area contributed by atoms with Gasteiger partial charge < -0.3 is 16.2 Å². The Labute approximate surface area is 161 Å². The summed E-state index contributed by atoms with van der Waals surface area (Å²) in [6, 6.07) is 18.8. The lowest BCUT2D eigenvalue weighted by atomic mass is 9.70. The van der Waals surface area contributed by atoms with Crippen molar-refractivity contribution in [3.05, 3.63) is 66.2 Å². The fraction of sp³-hybridized carbons (Fsp3) is 0.190. The molecule has 1 aliphatic carbocycles. The van der Waals surface area contributed by atoms with Gasteiger partial charge in [0, 0.05) is 24.0 Å². The maximum Gasteiger partial charge on any atom is 0.405 e. The highest BCUT2D eigenvalue weighted by Crippen LogP contribution is 2.44. The van der Waals surface area contributed by atoms with Crippen LogP contribution in [-0.2, 0) is 5.54 Å². The minimum atomic E-state index is -1.16. The molecule has 142 valence electrons. The zero-order chi connectivity index (χ0) is 19.7. The van der Waals surface area contributed by atoms with E-state index in [1.54, 1.807) is 6.07 Å². The zero-order valence-corrected chi connectivity index (χ0v) is 15.0. The van der Waals surface area contributed by atoms with E-state index in [-0.39, 0.29) is 12.8 Å². The van der Waals surface area contributed by atoms with Gasteiger partial charge in [-0.1, -0.05) is 54.6 Å². The first-order chi connectivity index (χ1) is 13.5. The van der Waals surface area contributed by atoms with Gasteiger partial charge in [-0.2, -0.15) is 0 Å². The van der Waals surface area contributed by atoms with Crippen LogP contribution >= 0.6 is 0 Å². The van der Waals surface area contributed by atoms with Crippen molar-refractivity contribution in [1.29, 1.82) is 0 Å². The number of anilines is 1. The number of benzene rings is 2. The van der Waals surface area contributed by atoms with Crippen molar-refractivity contribution >= 4 is 11.9 Å². The van der Waals surface area contributed by atoms with E-state index in [9.17, 15) is 9.18 Å². The number of rotatable bonds is 4. The second kappa shape index (κ2) is 6.92. The Kier molecular flexibility index (Phi) is 4.43. The number of nitrogens with zero attached hydrogens (tertiary/aromatic N) is 2. The Morgan fingerprint density at radius 1 is 1.07 bits per heavy atom. The van der Waals surface area contributed by atoms with Crippen molar-refractivity contribution < 1.29 is 14.3 Å². The van der Waals surface area contributed by atoms with Gasteiger partial charge in [0.2, 0.25) is 0 Å². The normalized spacial score (nSPS) is 21.0. The molecule has 0 atom stereocenters. The summed E-state index contributed by atoms with van der Waals surface area (Å²) in [6.07, 6.45) is -1.89. The van der Waals surface area contributed by atoms with Gasteiger partial charge >= 0.3 is 6.09 Å². The number of alkyl halides is 1. The number of hydrogen-bond donors (Lipinski definition) is 3. The van der Waals surface area contributed by atoms with Crippen LogP contribution in [0.2, 0.25) is 0 Å². The monoisotopic (exact) mass is 378 g/mol. The molecule has 4 rings (SSSR count). The Bertz CT molecular complexity index is 1000. The standard InChI is InChI=1S/C21H19FN4O2/c22-16-11-21(12-16,24-20(27)28)15-8-6-14(7-9-15)19-17(10-18(23)25-26-19)13-4-2-1-3-5-13/h1-10,16,24H,11-12H2,(H2,23,25)(H,27,28). The average molecular weight is 378 g/mol. The molecule has 1 fully saturated rings. The smallest absolute Gasteiger partial charge is 0.405 e. The molecule has 1 aromatic heterocycles. The minimum Gasteiger partial charge on any atom is -0.465 e. The SMILES string of the molecule is Nc1cc(-c2ccccc2)c(-c2ccc(C3(NC(=O)O)CC(F)C3)cc2)nn1. The van der Waals surface area contributed by atoms with Gasteiger partial charge in [-0.15, -0.1) is 10.2 Å². The Morgan fingerprint density at radius 2 is 1.75 bits per heavy atom. The molecule has 0 bridgehead atoms. The van der Waals surface area contributed by atoms with Crippen molar-refractivity contribution in [3.8, 4) is 22.4 Å². The number of hydrogen-bond acceptors (Lipinski definition) is 4. The Morgan fingerprint density at radius 3 is 2.36 bits per heavy atom. The average Bonchev–Trinajstić information content (AvgIpc) is 2.67. The third-order valence-corrected chi connectivity index (χ3v) is 5.09. The summed E-state index contributed by atoms with van der Waals surface area (Å²) < 4.78 is 13.5. The third kappa shape index (κ3) is 3.26. The van der Waals surface area contributed by atoms with Crippen molar-refractivity contribution in [3.63, 3.8) is 0 Å². The lowest BCUT2D eigenvalue weighted by Gasteiger charge is -2.44. The molecule has 1 aliphatic rings. The van der Waals surface area contributed by atoms with Crippen molar-refractivity contribution in [1.82, 2.24) is 15.5 Å². The molecule has 1 amide bonds. The summed E-state index contributed by atoms with van der Waals surface area (Å²) in [7, 11) is 0. The first-order valence-electron chi connectivity index (χ1n) is 8.91. The fourth-order valence-corrected chi connectivity index (χ4v) is 3.72. The molecule has 3 aromatic rings. The number of aromatic nitrogens is 2. The van der Waals surface area contributed by atoms with Crippen LogP contribution in [0.3, 0.4) is 0 Å². The number of nitrogens with two attached hydrogens (primary N) is 1. The van der Waals surface area contributed by atoms with Crippen molar-refractivity contribution in [2.75, 3.05) is 5.73 Å². The molecule has 28 heavy (non-hydrogen) atoms. The van der Waals surface area contributed by atoms with E-state index in [4.69, 9.17) is 10.8 Å². The van der Waals surface area contributed by atoms with Gasteiger partial charge in [-0.3, -0.25) is 0 Å². The van der Waals surface area contributed by atoms with E-state index in [0.29, 0.717) is 11.5 Å². The van der Waals surface area contributed by atoms with E-state index in [0.717, 1.165) is 22.3 Å². The van der Waals surface area contributed by atoms with E-state index < -0.39 is 17.8 Å². The second-order valence-corrected chi connectivity index (χ2v) is 6.99. The number of carboxylic acid groups (broad SMARTS) is 1. The maximum absolute atomic E-state index is 13.5. The van der Waals surface area contributed by atoms with Crippen LogP contribution < -0.4 is 11.1 Å². The zero-order valence-electron chi connectivity index (χ0n) is 15.0. The molecule has 0 unspecified atom stereocenters. The topological polar surface area (TPSA) is 101 Å². The number of carbonyl (C=O) groups is 1. The molecule has 0 aliphatic heterocycles. The number of nitrogen functional groups attached to an aromatic ring is 1. The molecule has 6 nitrogen and oxygen atoms in total. The van der Waals surface area contributed by atoms with E-state index in [1.165, 1.54) is 0 Å². The second-order valence-electron chi connectivity index (χ2n) is 6.99. The maximum atomic E-state index is 13.5. The van der Waals surface area contributed by atoms with Crippen LogP contribution in [0.4, 0.5) is 15.0 Å². The quantitative estimate of drug-likeness (QED) is 0.637. The molecular formula is C21H19FN4O2. The summed E-state index contributed by atoms with van der Waals surface area (Å²) in [5.74, 6) is 0.326. The van der Waals surface area contributed by atoms with Crippen LogP contribution in [0.5, 0.6) is 0 Å². The molecule has 4 N–H and O–H groups in total. The van der Waals surface area contributed by atoms with E-state index >= 15 is 0 Å². The molecule has 7 heteroatoms.